The fraction of sp³-hybridized carbons (Fsp3) is 0.381. The van der Waals surface area contributed by atoms with Crippen LogP contribution in [0.2, 0.25) is 0 Å². The van der Waals surface area contributed by atoms with E-state index >= 15 is 0 Å². The van der Waals surface area contributed by atoms with Gasteiger partial charge in [-0.2, -0.15) is 0 Å². The molecule has 2 aromatic carbocycles. The minimum Gasteiger partial charge on any atom is -0.497 e. The maximum absolute atomic E-state index is 12.8. The van der Waals surface area contributed by atoms with Crippen molar-refractivity contribution in [2.24, 2.45) is 0 Å². The van der Waals surface area contributed by atoms with Crippen molar-refractivity contribution in [2.45, 2.75) is 44.2 Å². The van der Waals surface area contributed by atoms with Gasteiger partial charge in [-0.05, 0) is 50.6 Å². The third-order valence-electron chi connectivity index (χ3n) is 4.11. The van der Waals surface area contributed by atoms with E-state index in [4.69, 9.17) is 14.2 Å². The van der Waals surface area contributed by atoms with E-state index in [2.05, 4.69) is 10.0 Å². The number of sulfonamides is 1. The smallest absolute Gasteiger partial charge is 0.265 e. The molecule has 0 aromatic heterocycles. The number of amides is 1. The molecule has 0 aliphatic rings. The maximum Gasteiger partial charge on any atom is 0.265 e. The Hall–Kier alpha value is -2.78. The van der Waals surface area contributed by atoms with E-state index in [1.165, 1.54) is 25.3 Å². The highest BCUT2D eigenvalue weighted by Crippen LogP contribution is 2.28. The van der Waals surface area contributed by atoms with Gasteiger partial charge in [-0.15, -0.1) is 0 Å². The van der Waals surface area contributed by atoms with Gasteiger partial charge in [0.1, 0.15) is 17.2 Å². The first-order valence-electron chi connectivity index (χ1n) is 9.52. The third-order valence-corrected chi connectivity index (χ3v) is 5.77. The molecule has 0 bridgehead atoms. The Labute approximate surface area is 177 Å². The van der Waals surface area contributed by atoms with Crippen molar-refractivity contribution in [3.63, 3.8) is 0 Å². The highest BCUT2D eigenvalue weighted by molar-refractivity contribution is 7.89. The van der Waals surface area contributed by atoms with Gasteiger partial charge in [0.25, 0.3) is 5.91 Å². The second-order valence-corrected chi connectivity index (χ2v) is 8.54. The van der Waals surface area contributed by atoms with Gasteiger partial charge in [-0.1, -0.05) is 13.0 Å². The Bertz CT molecular complexity index is 975. The number of anilines is 1. The van der Waals surface area contributed by atoms with Gasteiger partial charge in [0.05, 0.1) is 24.8 Å². The summed E-state index contributed by atoms with van der Waals surface area (Å²) in [5.74, 6) is 1.01. The standard InChI is InChI=1S/C21H28N2O6S/c1-6-19(29-16-9-7-8-15(12-16)27-4)21(24)22-18-13-17(10-11-20(18)28-5)30(25,26)23-14(2)3/h7-14,19,23H,6H2,1-5H3,(H,22,24)/t19-/m0/s1. The molecule has 0 aliphatic heterocycles. The fourth-order valence-electron chi connectivity index (χ4n) is 2.70. The van der Waals surface area contributed by atoms with E-state index in [1.54, 1.807) is 45.2 Å². The normalized spacial score (nSPS) is 12.3. The van der Waals surface area contributed by atoms with Crippen LogP contribution in [0.1, 0.15) is 27.2 Å². The van der Waals surface area contributed by atoms with Crippen molar-refractivity contribution in [3.8, 4) is 17.2 Å². The zero-order chi connectivity index (χ0) is 22.3. The molecule has 2 aromatic rings. The topological polar surface area (TPSA) is 103 Å². The summed E-state index contributed by atoms with van der Waals surface area (Å²) in [6, 6.07) is 11.0. The SMILES string of the molecule is CC[C@H](Oc1cccc(OC)c1)C(=O)Nc1cc(S(=O)(=O)NC(C)C)ccc1OC. The lowest BCUT2D eigenvalue weighted by Gasteiger charge is -2.19. The van der Waals surface area contributed by atoms with Crippen LogP contribution in [0.25, 0.3) is 0 Å². The Morgan fingerprint density at radius 1 is 1.03 bits per heavy atom. The van der Waals surface area contributed by atoms with E-state index in [-0.39, 0.29) is 16.6 Å². The summed E-state index contributed by atoms with van der Waals surface area (Å²) in [6.07, 6.45) is -0.394. The van der Waals surface area contributed by atoms with Crippen LogP contribution in [0.3, 0.4) is 0 Å². The first-order valence-corrected chi connectivity index (χ1v) is 11.0. The number of carbonyl (C=O) groups excluding carboxylic acids is 1. The molecule has 0 saturated heterocycles. The average Bonchev–Trinajstić information content (AvgIpc) is 2.71. The summed E-state index contributed by atoms with van der Waals surface area (Å²) in [4.78, 5) is 12.8. The molecule has 0 fully saturated rings. The molecule has 1 atom stereocenters. The lowest BCUT2D eigenvalue weighted by atomic mass is 10.2. The van der Waals surface area contributed by atoms with Gasteiger partial charge >= 0.3 is 0 Å². The van der Waals surface area contributed by atoms with Gasteiger partial charge in [-0.3, -0.25) is 4.79 Å². The Morgan fingerprint density at radius 3 is 2.33 bits per heavy atom. The molecule has 2 N–H and O–H groups in total. The monoisotopic (exact) mass is 436 g/mol. The minimum atomic E-state index is -3.73. The lowest BCUT2D eigenvalue weighted by Crippen LogP contribution is -2.33. The summed E-state index contributed by atoms with van der Waals surface area (Å²) >= 11 is 0. The van der Waals surface area contributed by atoms with E-state index in [1.807, 2.05) is 6.92 Å². The molecular weight excluding hydrogens is 408 g/mol. The van der Waals surface area contributed by atoms with Crippen LogP contribution < -0.4 is 24.2 Å². The van der Waals surface area contributed by atoms with Crippen molar-refractivity contribution in [3.05, 3.63) is 42.5 Å². The number of benzene rings is 2. The number of rotatable bonds is 10. The average molecular weight is 437 g/mol. The highest BCUT2D eigenvalue weighted by atomic mass is 32.2. The number of nitrogens with one attached hydrogen (secondary N) is 2. The molecule has 30 heavy (non-hydrogen) atoms. The van der Waals surface area contributed by atoms with Gasteiger partial charge in [0, 0.05) is 12.1 Å². The maximum atomic E-state index is 12.8. The molecule has 2 rings (SSSR count). The fourth-order valence-corrected chi connectivity index (χ4v) is 3.98. The van der Waals surface area contributed by atoms with Crippen LogP contribution >= 0.6 is 0 Å². The third kappa shape index (κ3) is 6.11. The number of ether oxygens (including phenoxy) is 3. The van der Waals surface area contributed by atoms with Crippen LogP contribution in [0.15, 0.2) is 47.4 Å². The van der Waals surface area contributed by atoms with Gasteiger partial charge < -0.3 is 19.5 Å². The van der Waals surface area contributed by atoms with Crippen molar-refractivity contribution < 1.29 is 27.4 Å². The van der Waals surface area contributed by atoms with Crippen LogP contribution in [0, 0.1) is 0 Å². The summed E-state index contributed by atoms with van der Waals surface area (Å²) < 4.78 is 43.7. The number of methoxy groups -OCH3 is 2. The Balaban J connectivity index is 2.25. The summed E-state index contributed by atoms with van der Waals surface area (Å²) in [6.45, 7) is 5.27. The van der Waals surface area contributed by atoms with Crippen LogP contribution in [-0.4, -0.2) is 40.7 Å². The predicted octanol–water partition coefficient (Wildman–Crippen LogP) is 3.19. The molecule has 0 aliphatic carbocycles. The molecule has 1 amide bonds. The number of hydrogen-bond donors (Lipinski definition) is 2. The molecule has 164 valence electrons. The van der Waals surface area contributed by atoms with E-state index < -0.39 is 22.0 Å². The zero-order valence-corrected chi connectivity index (χ0v) is 18.6. The first kappa shape index (κ1) is 23.5. The second kappa shape index (κ2) is 10.3. The van der Waals surface area contributed by atoms with Gasteiger partial charge in [-0.25, -0.2) is 13.1 Å². The summed E-state index contributed by atoms with van der Waals surface area (Å²) in [7, 11) is -0.741. The van der Waals surface area contributed by atoms with Crippen molar-refractivity contribution >= 4 is 21.6 Å². The molecule has 0 unspecified atom stereocenters. The molecule has 9 heteroatoms. The summed E-state index contributed by atoms with van der Waals surface area (Å²) in [5, 5.41) is 2.71. The molecule has 0 radical (unpaired) electrons. The minimum absolute atomic E-state index is 0.0223. The predicted molar refractivity (Wildman–Crippen MR) is 115 cm³/mol. The van der Waals surface area contributed by atoms with Gasteiger partial charge in [0.15, 0.2) is 6.10 Å². The second-order valence-electron chi connectivity index (χ2n) is 6.82. The quantitative estimate of drug-likeness (QED) is 0.593. The van der Waals surface area contributed by atoms with Crippen molar-refractivity contribution in [2.75, 3.05) is 19.5 Å². The molecule has 0 spiro atoms. The van der Waals surface area contributed by atoms with Gasteiger partial charge in [0.2, 0.25) is 10.0 Å². The number of hydrogen-bond acceptors (Lipinski definition) is 6. The molecular formula is C21H28N2O6S. The van der Waals surface area contributed by atoms with E-state index in [0.29, 0.717) is 23.7 Å². The van der Waals surface area contributed by atoms with Crippen LogP contribution in [-0.2, 0) is 14.8 Å². The molecule has 0 saturated carbocycles. The largest absolute Gasteiger partial charge is 0.497 e. The first-order chi connectivity index (χ1) is 14.2. The van der Waals surface area contributed by atoms with Crippen molar-refractivity contribution in [1.29, 1.82) is 0 Å². The van der Waals surface area contributed by atoms with Crippen molar-refractivity contribution in [1.82, 2.24) is 4.72 Å². The van der Waals surface area contributed by atoms with E-state index in [0.717, 1.165) is 0 Å². The van der Waals surface area contributed by atoms with Crippen LogP contribution in [0.4, 0.5) is 5.69 Å². The number of carbonyl (C=O) groups is 1. The zero-order valence-electron chi connectivity index (χ0n) is 17.8. The van der Waals surface area contributed by atoms with Crippen LogP contribution in [0.5, 0.6) is 17.2 Å². The molecule has 8 nitrogen and oxygen atoms in total. The Morgan fingerprint density at radius 2 is 1.73 bits per heavy atom. The molecule has 0 heterocycles. The highest BCUT2D eigenvalue weighted by Gasteiger charge is 2.22. The lowest BCUT2D eigenvalue weighted by molar-refractivity contribution is -0.122. The summed E-state index contributed by atoms with van der Waals surface area (Å²) in [5.41, 5.74) is 0.238. The van der Waals surface area contributed by atoms with E-state index in [9.17, 15) is 13.2 Å². The Kier molecular flexibility index (Phi) is 8.08.